The molecule has 0 aliphatic heterocycles. The smallest absolute Gasteiger partial charge is 0.0960 e. The van der Waals surface area contributed by atoms with Crippen LogP contribution in [0.1, 0.15) is 31.9 Å². The molecule has 0 saturated carbocycles. The molecule has 1 unspecified atom stereocenters. The molecule has 2 aromatic rings. The second kappa shape index (κ2) is 4.03. The van der Waals surface area contributed by atoms with Crippen molar-refractivity contribution < 1.29 is 0 Å². The van der Waals surface area contributed by atoms with Gasteiger partial charge >= 0.3 is 0 Å². The molecule has 0 spiro atoms. The van der Waals surface area contributed by atoms with E-state index in [2.05, 4.69) is 41.6 Å². The standard InChI is InChI=1S/C12H17N3/c1-3-9(2)15-8-14-11-6-10(7-13)4-5-12(11)15/h4-6,8-9H,3,7,13H2,1-2H3. The molecule has 80 valence electrons. The molecule has 0 bridgehead atoms. The zero-order valence-electron chi connectivity index (χ0n) is 9.27. The average molecular weight is 203 g/mol. The first kappa shape index (κ1) is 10.2. The highest BCUT2D eigenvalue weighted by Crippen LogP contribution is 2.20. The molecule has 3 nitrogen and oxygen atoms in total. The molecule has 1 aromatic heterocycles. The predicted molar refractivity (Wildman–Crippen MR) is 62.6 cm³/mol. The molecule has 1 aromatic carbocycles. The number of nitrogens with zero attached hydrogens (tertiary/aromatic N) is 2. The third-order valence-corrected chi connectivity index (χ3v) is 2.94. The van der Waals surface area contributed by atoms with E-state index in [0.717, 1.165) is 17.5 Å². The molecular formula is C12H17N3. The van der Waals surface area contributed by atoms with E-state index in [1.807, 2.05) is 6.33 Å². The highest BCUT2D eigenvalue weighted by atomic mass is 15.1. The van der Waals surface area contributed by atoms with E-state index in [-0.39, 0.29) is 0 Å². The van der Waals surface area contributed by atoms with Gasteiger partial charge in [0.15, 0.2) is 0 Å². The van der Waals surface area contributed by atoms with Crippen molar-refractivity contribution in [3.63, 3.8) is 0 Å². The number of imidazole rings is 1. The summed E-state index contributed by atoms with van der Waals surface area (Å²) in [5.41, 5.74) is 8.97. The molecule has 0 amide bonds. The van der Waals surface area contributed by atoms with E-state index in [1.54, 1.807) is 0 Å². The molecule has 3 heteroatoms. The molecule has 1 heterocycles. The maximum atomic E-state index is 5.60. The summed E-state index contributed by atoms with van der Waals surface area (Å²) in [5.74, 6) is 0. The molecule has 0 aliphatic carbocycles. The minimum absolute atomic E-state index is 0.499. The van der Waals surface area contributed by atoms with Gasteiger partial charge in [0.05, 0.1) is 17.4 Å². The van der Waals surface area contributed by atoms with Gasteiger partial charge in [-0.05, 0) is 31.0 Å². The minimum Gasteiger partial charge on any atom is -0.328 e. The number of nitrogens with two attached hydrogens (primary N) is 1. The third kappa shape index (κ3) is 1.75. The van der Waals surface area contributed by atoms with Gasteiger partial charge in [0, 0.05) is 12.6 Å². The van der Waals surface area contributed by atoms with Gasteiger partial charge in [0.1, 0.15) is 0 Å². The lowest BCUT2D eigenvalue weighted by molar-refractivity contribution is 0.544. The topological polar surface area (TPSA) is 43.8 Å². The van der Waals surface area contributed by atoms with Gasteiger partial charge < -0.3 is 10.3 Å². The van der Waals surface area contributed by atoms with Crippen LogP contribution in [0.5, 0.6) is 0 Å². The summed E-state index contributed by atoms with van der Waals surface area (Å²) in [4.78, 5) is 4.40. The predicted octanol–water partition coefficient (Wildman–Crippen LogP) is 2.47. The van der Waals surface area contributed by atoms with E-state index in [4.69, 9.17) is 5.73 Å². The van der Waals surface area contributed by atoms with Crippen LogP contribution in [0.2, 0.25) is 0 Å². The highest BCUT2D eigenvalue weighted by Gasteiger charge is 2.07. The number of fused-ring (bicyclic) bond motifs is 1. The van der Waals surface area contributed by atoms with Crippen LogP contribution in [0.4, 0.5) is 0 Å². The lowest BCUT2D eigenvalue weighted by Gasteiger charge is -2.11. The molecule has 0 radical (unpaired) electrons. The molecule has 2 rings (SSSR count). The lowest BCUT2D eigenvalue weighted by atomic mass is 10.2. The largest absolute Gasteiger partial charge is 0.328 e. The van der Waals surface area contributed by atoms with Crippen molar-refractivity contribution in [2.24, 2.45) is 5.73 Å². The summed E-state index contributed by atoms with van der Waals surface area (Å²) >= 11 is 0. The van der Waals surface area contributed by atoms with Gasteiger partial charge in [0.2, 0.25) is 0 Å². The summed E-state index contributed by atoms with van der Waals surface area (Å²) < 4.78 is 2.22. The summed E-state index contributed by atoms with van der Waals surface area (Å²) in [5, 5.41) is 0. The van der Waals surface area contributed by atoms with Crippen molar-refractivity contribution in [2.75, 3.05) is 0 Å². The molecular weight excluding hydrogens is 186 g/mol. The van der Waals surface area contributed by atoms with Crippen LogP contribution >= 0.6 is 0 Å². The van der Waals surface area contributed by atoms with Crippen molar-refractivity contribution in [1.82, 2.24) is 9.55 Å². The van der Waals surface area contributed by atoms with Crippen LogP contribution in [-0.4, -0.2) is 9.55 Å². The fourth-order valence-corrected chi connectivity index (χ4v) is 1.75. The Labute approximate surface area is 89.9 Å². The van der Waals surface area contributed by atoms with Crippen LogP contribution in [0, 0.1) is 0 Å². The van der Waals surface area contributed by atoms with E-state index in [1.165, 1.54) is 5.52 Å². The number of hydrogen-bond acceptors (Lipinski definition) is 2. The van der Waals surface area contributed by atoms with Crippen LogP contribution in [0.15, 0.2) is 24.5 Å². The molecule has 2 N–H and O–H groups in total. The second-order valence-corrected chi connectivity index (χ2v) is 3.94. The van der Waals surface area contributed by atoms with Gasteiger partial charge in [-0.15, -0.1) is 0 Å². The summed E-state index contributed by atoms with van der Waals surface area (Å²) in [6.07, 6.45) is 3.03. The SMILES string of the molecule is CCC(C)n1cnc2cc(CN)ccc21. The number of aromatic nitrogens is 2. The number of benzene rings is 1. The van der Waals surface area contributed by atoms with Crippen LogP contribution in [-0.2, 0) is 6.54 Å². The molecule has 0 fully saturated rings. The maximum absolute atomic E-state index is 5.60. The Hall–Kier alpha value is -1.35. The van der Waals surface area contributed by atoms with Crippen molar-refractivity contribution >= 4 is 11.0 Å². The highest BCUT2D eigenvalue weighted by molar-refractivity contribution is 5.76. The van der Waals surface area contributed by atoms with E-state index in [9.17, 15) is 0 Å². The van der Waals surface area contributed by atoms with Gasteiger partial charge in [-0.3, -0.25) is 0 Å². The first-order chi connectivity index (χ1) is 7.26. The quantitative estimate of drug-likeness (QED) is 0.832. The molecule has 15 heavy (non-hydrogen) atoms. The third-order valence-electron chi connectivity index (χ3n) is 2.94. The second-order valence-electron chi connectivity index (χ2n) is 3.94. The Bertz CT molecular complexity index is 459. The Kier molecular flexibility index (Phi) is 2.73. The number of hydrogen-bond donors (Lipinski definition) is 1. The maximum Gasteiger partial charge on any atom is 0.0960 e. The van der Waals surface area contributed by atoms with Crippen LogP contribution in [0.25, 0.3) is 11.0 Å². The van der Waals surface area contributed by atoms with Gasteiger partial charge in [-0.1, -0.05) is 13.0 Å². The van der Waals surface area contributed by atoms with Gasteiger partial charge in [0.25, 0.3) is 0 Å². The zero-order chi connectivity index (χ0) is 10.8. The monoisotopic (exact) mass is 203 g/mol. The van der Waals surface area contributed by atoms with Crippen LogP contribution < -0.4 is 5.73 Å². The summed E-state index contributed by atoms with van der Waals surface area (Å²) in [6.45, 7) is 4.97. The van der Waals surface area contributed by atoms with E-state index < -0.39 is 0 Å². The van der Waals surface area contributed by atoms with Gasteiger partial charge in [-0.25, -0.2) is 4.98 Å². The minimum atomic E-state index is 0.499. The first-order valence-electron chi connectivity index (χ1n) is 5.41. The number of rotatable bonds is 3. The van der Waals surface area contributed by atoms with Crippen LogP contribution in [0.3, 0.4) is 0 Å². The zero-order valence-corrected chi connectivity index (χ0v) is 9.27. The van der Waals surface area contributed by atoms with E-state index >= 15 is 0 Å². The van der Waals surface area contributed by atoms with E-state index in [0.29, 0.717) is 12.6 Å². The molecule has 0 aliphatic rings. The fraction of sp³-hybridized carbons (Fsp3) is 0.417. The Balaban J connectivity index is 2.52. The fourth-order valence-electron chi connectivity index (χ4n) is 1.75. The van der Waals surface area contributed by atoms with Crippen molar-refractivity contribution in [2.45, 2.75) is 32.9 Å². The van der Waals surface area contributed by atoms with Crippen molar-refractivity contribution in [3.8, 4) is 0 Å². The molecule has 0 saturated heterocycles. The Morgan fingerprint density at radius 1 is 1.47 bits per heavy atom. The summed E-state index contributed by atoms with van der Waals surface area (Å²) in [6, 6.07) is 6.74. The first-order valence-corrected chi connectivity index (χ1v) is 5.41. The Morgan fingerprint density at radius 2 is 2.27 bits per heavy atom. The Morgan fingerprint density at radius 3 is 2.93 bits per heavy atom. The molecule has 1 atom stereocenters. The lowest BCUT2D eigenvalue weighted by Crippen LogP contribution is -2.02. The normalized spacial score (nSPS) is 13.3. The van der Waals surface area contributed by atoms with Crippen molar-refractivity contribution in [1.29, 1.82) is 0 Å². The summed E-state index contributed by atoms with van der Waals surface area (Å²) in [7, 11) is 0. The average Bonchev–Trinajstić information content (AvgIpc) is 2.70. The van der Waals surface area contributed by atoms with Gasteiger partial charge in [-0.2, -0.15) is 0 Å². The van der Waals surface area contributed by atoms with Crippen molar-refractivity contribution in [3.05, 3.63) is 30.1 Å².